The van der Waals surface area contributed by atoms with Gasteiger partial charge in [0.25, 0.3) is 0 Å². The number of hydrogen-bond acceptors (Lipinski definition) is 7. The number of nitrogens with two attached hydrogens (primary N) is 2. The van der Waals surface area contributed by atoms with Crippen molar-refractivity contribution in [3.8, 4) is 0 Å². The lowest BCUT2D eigenvalue weighted by molar-refractivity contribution is -0.142. The van der Waals surface area contributed by atoms with E-state index in [1.807, 2.05) is 13.8 Å². The molecule has 33 heavy (non-hydrogen) atoms. The van der Waals surface area contributed by atoms with E-state index < -0.39 is 53.8 Å². The molecule has 0 aliphatic heterocycles. The van der Waals surface area contributed by atoms with E-state index in [9.17, 15) is 29.1 Å². The van der Waals surface area contributed by atoms with Crippen LogP contribution in [0.15, 0.2) is 12.5 Å². The Bertz CT molecular complexity index is 825. The third-order valence-electron chi connectivity index (χ3n) is 4.66. The normalized spacial score (nSPS) is 14.6. The van der Waals surface area contributed by atoms with Crippen LogP contribution in [0.2, 0.25) is 0 Å². The van der Waals surface area contributed by atoms with Gasteiger partial charge in [0.15, 0.2) is 0 Å². The zero-order valence-corrected chi connectivity index (χ0v) is 19.0. The lowest BCUT2D eigenvalue weighted by Crippen LogP contribution is -2.57. The van der Waals surface area contributed by atoms with E-state index in [0.29, 0.717) is 5.69 Å². The standard InChI is InChI=1S/C20H33N7O6/c1-10(2)6-15(20(32)33)27-19(31)14(7-12-8-23-9-24-12)26-18(30)13(4-5-16(22)28)25-17(29)11(3)21/h8-11,13-15H,4-7,21H2,1-3H3,(H2,22,28)(H,23,24)(H,25,29)(H,26,30)(H,27,31)(H,32,33). The van der Waals surface area contributed by atoms with Gasteiger partial charge in [-0.3, -0.25) is 19.2 Å². The van der Waals surface area contributed by atoms with Gasteiger partial charge in [-0.25, -0.2) is 9.78 Å². The lowest BCUT2D eigenvalue weighted by Gasteiger charge is -2.25. The van der Waals surface area contributed by atoms with Gasteiger partial charge >= 0.3 is 5.97 Å². The van der Waals surface area contributed by atoms with Crippen molar-refractivity contribution < 1.29 is 29.1 Å². The molecule has 0 aliphatic carbocycles. The van der Waals surface area contributed by atoms with E-state index >= 15 is 0 Å². The summed E-state index contributed by atoms with van der Waals surface area (Å²) in [6.45, 7) is 5.06. The highest BCUT2D eigenvalue weighted by Gasteiger charge is 2.30. The van der Waals surface area contributed by atoms with Crippen LogP contribution >= 0.6 is 0 Å². The van der Waals surface area contributed by atoms with Crippen molar-refractivity contribution in [1.82, 2.24) is 25.9 Å². The molecule has 13 heteroatoms. The summed E-state index contributed by atoms with van der Waals surface area (Å²) in [5.74, 6) is -3.98. The molecule has 1 rings (SSSR count). The highest BCUT2D eigenvalue weighted by Crippen LogP contribution is 2.07. The number of H-pyrrole nitrogens is 1. The van der Waals surface area contributed by atoms with Crippen LogP contribution in [0.4, 0.5) is 0 Å². The number of carbonyl (C=O) groups is 5. The summed E-state index contributed by atoms with van der Waals surface area (Å²) >= 11 is 0. The average molecular weight is 468 g/mol. The number of primary amides is 1. The maximum absolute atomic E-state index is 12.9. The second kappa shape index (κ2) is 13.2. The third kappa shape index (κ3) is 10.1. The van der Waals surface area contributed by atoms with Crippen LogP contribution in [0.1, 0.15) is 45.7 Å². The minimum Gasteiger partial charge on any atom is -0.480 e. The van der Waals surface area contributed by atoms with E-state index in [4.69, 9.17) is 11.5 Å². The second-order valence-electron chi connectivity index (χ2n) is 8.23. The van der Waals surface area contributed by atoms with Crippen molar-refractivity contribution in [2.24, 2.45) is 17.4 Å². The number of amides is 4. The molecule has 4 atom stereocenters. The Morgan fingerprint density at radius 1 is 1.00 bits per heavy atom. The monoisotopic (exact) mass is 467 g/mol. The lowest BCUT2D eigenvalue weighted by atomic mass is 10.0. The van der Waals surface area contributed by atoms with Crippen LogP contribution in [-0.2, 0) is 30.4 Å². The minimum atomic E-state index is -1.20. The first-order valence-corrected chi connectivity index (χ1v) is 10.6. The molecule has 0 aliphatic rings. The molecule has 1 aromatic rings. The van der Waals surface area contributed by atoms with Crippen LogP contribution in [-0.4, -0.2) is 68.8 Å². The molecule has 0 fully saturated rings. The second-order valence-corrected chi connectivity index (χ2v) is 8.23. The summed E-state index contributed by atoms with van der Waals surface area (Å²) in [6.07, 6.45) is 2.72. The Hall–Kier alpha value is -3.48. The molecule has 0 bridgehead atoms. The summed E-state index contributed by atoms with van der Waals surface area (Å²) in [4.78, 5) is 67.3. The third-order valence-corrected chi connectivity index (χ3v) is 4.66. The van der Waals surface area contributed by atoms with Crippen molar-refractivity contribution in [2.45, 2.75) is 70.6 Å². The molecule has 4 unspecified atom stereocenters. The number of nitrogens with one attached hydrogen (secondary N) is 4. The predicted octanol–water partition coefficient (Wildman–Crippen LogP) is -1.85. The summed E-state index contributed by atoms with van der Waals surface area (Å²) < 4.78 is 0. The molecular formula is C20H33N7O6. The molecule has 0 saturated carbocycles. The SMILES string of the molecule is CC(C)CC(NC(=O)C(Cc1cnc[nH]1)NC(=O)C(CCC(N)=O)NC(=O)C(C)N)C(=O)O. The Balaban J connectivity index is 3.06. The number of carboxylic acids is 1. The van der Waals surface area contributed by atoms with E-state index in [1.54, 1.807) is 0 Å². The summed E-state index contributed by atoms with van der Waals surface area (Å²) in [7, 11) is 0. The smallest absolute Gasteiger partial charge is 0.326 e. The van der Waals surface area contributed by atoms with E-state index in [0.717, 1.165) is 0 Å². The van der Waals surface area contributed by atoms with Gasteiger partial charge in [0.2, 0.25) is 23.6 Å². The van der Waals surface area contributed by atoms with Crippen LogP contribution in [0, 0.1) is 5.92 Å². The largest absolute Gasteiger partial charge is 0.480 e. The number of imidazole rings is 1. The van der Waals surface area contributed by atoms with E-state index in [-0.39, 0.29) is 31.6 Å². The molecular weight excluding hydrogens is 434 g/mol. The Morgan fingerprint density at radius 2 is 1.58 bits per heavy atom. The van der Waals surface area contributed by atoms with Gasteiger partial charge in [-0.1, -0.05) is 13.8 Å². The fourth-order valence-corrected chi connectivity index (χ4v) is 2.92. The fourth-order valence-electron chi connectivity index (χ4n) is 2.92. The molecule has 1 heterocycles. The van der Waals surface area contributed by atoms with Crippen LogP contribution in [0.3, 0.4) is 0 Å². The first kappa shape index (κ1) is 27.6. The van der Waals surface area contributed by atoms with Gasteiger partial charge in [-0.05, 0) is 25.7 Å². The first-order chi connectivity index (χ1) is 15.4. The van der Waals surface area contributed by atoms with Crippen LogP contribution < -0.4 is 27.4 Å². The van der Waals surface area contributed by atoms with E-state index in [2.05, 4.69) is 25.9 Å². The van der Waals surface area contributed by atoms with Crippen molar-refractivity contribution in [3.63, 3.8) is 0 Å². The number of carbonyl (C=O) groups excluding carboxylic acids is 4. The highest BCUT2D eigenvalue weighted by atomic mass is 16.4. The number of carboxylic acid groups (broad SMARTS) is 1. The molecule has 1 aromatic heterocycles. The van der Waals surface area contributed by atoms with Gasteiger partial charge in [0, 0.05) is 24.7 Å². The Labute approximate surface area is 191 Å². The Kier molecular flexibility index (Phi) is 11.0. The molecule has 0 radical (unpaired) electrons. The van der Waals surface area contributed by atoms with Crippen molar-refractivity contribution in [2.75, 3.05) is 0 Å². The van der Waals surface area contributed by atoms with Gasteiger partial charge in [-0.15, -0.1) is 0 Å². The van der Waals surface area contributed by atoms with Crippen molar-refractivity contribution in [1.29, 1.82) is 0 Å². The quantitative estimate of drug-likeness (QED) is 0.164. The molecule has 0 aromatic carbocycles. The number of nitrogens with zero attached hydrogens (tertiary/aromatic N) is 1. The number of rotatable bonds is 14. The molecule has 184 valence electrons. The summed E-state index contributed by atoms with van der Waals surface area (Å²) in [5.41, 5.74) is 11.2. The number of aromatic nitrogens is 2. The first-order valence-electron chi connectivity index (χ1n) is 10.6. The topological polar surface area (TPSA) is 222 Å². The Morgan fingerprint density at radius 3 is 2.06 bits per heavy atom. The van der Waals surface area contributed by atoms with Gasteiger partial charge in [0.05, 0.1) is 12.4 Å². The maximum Gasteiger partial charge on any atom is 0.326 e. The van der Waals surface area contributed by atoms with Crippen molar-refractivity contribution in [3.05, 3.63) is 18.2 Å². The molecule has 13 nitrogen and oxygen atoms in total. The summed E-state index contributed by atoms with van der Waals surface area (Å²) in [6, 6.07) is -4.43. The minimum absolute atomic E-state index is 0.00121. The summed E-state index contributed by atoms with van der Waals surface area (Å²) in [5, 5.41) is 16.8. The molecule has 4 amide bonds. The molecule has 9 N–H and O–H groups in total. The highest BCUT2D eigenvalue weighted by molar-refractivity contribution is 5.94. The fraction of sp³-hybridized carbons (Fsp3) is 0.600. The van der Waals surface area contributed by atoms with Crippen LogP contribution in [0.5, 0.6) is 0 Å². The number of hydrogen-bond donors (Lipinski definition) is 7. The van der Waals surface area contributed by atoms with Crippen LogP contribution in [0.25, 0.3) is 0 Å². The van der Waals surface area contributed by atoms with Gasteiger partial charge in [0.1, 0.15) is 18.1 Å². The number of aromatic amines is 1. The van der Waals surface area contributed by atoms with Gasteiger partial charge in [-0.2, -0.15) is 0 Å². The van der Waals surface area contributed by atoms with E-state index in [1.165, 1.54) is 19.4 Å². The predicted molar refractivity (Wildman–Crippen MR) is 117 cm³/mol. The maximum atomic E-state index is 12.9. The zero-order valence-electron chi connectivity index (χ0n) is 19.0. The molecule has 0 saturated heterocycles. The van der Waals surface area contributed by atoms with Crippen molar-refractivity contribution >= 4 is 29.6 Å². The average Bonchev–Trinajstić information content (AvgIpc) is 3.22. The zero-order chi connectivity index (χ0) is 25.1. The van der Waals surface area contributed by atoms with Gasteiger partial charge < -0.3 is 37.5 Å². The number of aliphatic carboxylic acids is 1. The molecule has 0 spiro atoms.